The number of nitrogens with zero attached hydrogens (tertiary/aromatic N) is 1. The Kier molecular flexibility index (Phi) is 4.74. The highest BCUT2D eigenvalue weighted by Crippen LogP contribution is 2.24. The van der Waals surface area contributed by atoms with Crippen molar-refractivity contribution < 1.29 is 27.8 Å². The van der Waals surface area contributed by atoms with Crippen LogP contribution in [0.2, 0.25) is 0 Å². The normalized spacial score (nSPS) is 12.4. The van der Waals surface area contributed by atoms with Gasteiger partial charge in [0.1, 0.15) is 5.56 Å². The maximum Gasteiger partial charge on any atom is 0.343 e. The minimum absolute atomic E-state index is 0.00198. The topological polar surface area (TPSA) is 68.5 Å². The highest BCUT2D eigenvalue weighted by Gasteiger charge is 2.24. The van der Waals surface area contributed by atoms with Gasteiger partial charge in [-0.3, -0.25) is 4.79 Å². The summed E-state index contributed by atoms with van der Waals surface area (Å²) < 4.78 is 46.8. The van der Waals surface area contributed by atoms with Gasteiger partial charge in [-0.2, -0.15) is 0 Å². The Balaban J connectivity index is 2.95. The third kappa shape index (κ3) is 2.81. The van der Waals surface area contributed by atoms with E-state index in [4.69, 9.17) is 4.74 Å². The summed E-state index contributed by atoms with van der Waals surface area (Å²) in [5.41, 5.74) is -1.95. The van der Waals surface area contributed by atoms with Gasteiger partial charge in [-0.25, -0.2) is 18.0 Å². The van der Waals surface area contributed by atoms with Crippen molar-refractivity contribution in [3.8, 4) is 0 Å². The standard InChI is InChI=1S/C15H14F3NO4/c1-3-23-15(22)9-5-19(7(2)6-20)13-8(14(9)21)4-10(16)11(17)12(13)18/h4-5,7,20H,3,6H2,1-2H3/t7-/m1/s1. The number of fused-ring (bicyclic) bond motifs is 1. The van der Waals surface area contributed by atoms with Gasteiger partial charge in [0.25, 0.3) is 0 Å². The molecule has 5 nitrogen and oxygen atoms in total. The summed E-state index contributed by atoms with van der Waals surface area (Å²) in [4.78, 5) is 24.1. The van der Waals surface area contributed by atoms with E-state index in [1.807, 2.05) is 0 Å². The van der Waals surface area contributed by atoms with Gasteiger partial charge in [-0.15, -0.1) is 0 Å². The Morgan fingerprint density at radius 3 is 2.57 bits per heavy atom. The smallest absolute Gasteiger partial charge is 0.343 e. The molecule has 0 aliphatic rings. The predicted octanol–water partition coefficient (Wildman–Crippen LogP) is 2.15. The number of rotatable bonds is 4. The molecule has 0 bridgehead atoms. The van der Waals surface area contributed by atoms with Crippen molar-refractivity contribution in [3.05, 3.63) is 45.5 Å². The fourth-order valence-corrected chi connectivity index (χ4v) is 2.21. The van der Waals surface area contributed by atoms with Gasteiger partial charge in [0.15, 0.2) is 17.5 Å². The quantitative estimate of drug-likeness (QED) is 0.689. The lowest BCUT2D eigenvalue weighted by molar-refractivity contribution is 0.0523. The number of aliphatic hydroxyl groups excluding tert-OH is 1. The van der Waals surface area contributed by atoms with E-state index in [-0.39, 0.29) is 6.61 Å². The van der Waals surface area contributed by atoms with Crippen LogP contribution in [0.15, 0.2) is 17.1 Å². The number of ether oxygens (including phenoxy) is 1. The lowest BCUT2D eigenvalue weighted by atomic mass is 10.1. The van der Waals surface area contributed by atoms with Crippen LogP contribution in [0.25, 0.3) is 10.9 Å². The molecule has 124 valence electrons. The van der Waals surface area contributed by atoms with Crippen LogP contribution in [0.5, 0.6) is 0 Å². The van der Waals surface area contributed by atoms with Crippen LogP contribution in [0.3, 0.4) is 0 Å². The van der Waals surface area contributed by atoms with E-state index in [1.165, 1.54) is 13.8 Å². The second-order valence-corrected chi connectivity index (χ2v) is 4.91. The molecule has 2 rings (SSSR count). The van der Waals surface area contributed by atoms with E-state index in [2.05, 4.69) is 0 Å². The third-order valence-corrected chi connectivity index (χ3v) is 3.39. The number of aliphatic hydroxyl groups is 1. The van der Waals surface area contributed by atoms with Crippen molar-refractivity contribution in [2.24, 2.45) is 0 Å². The summed E-state index contributed by atoms with van der Waals surface area (Å²) in [5, 5.41) is 8.75. The number of halogens is 3. The Morgan fingerprint density at radius 1 is 1.35 bits per heavy atom. The van der Waals surface area contributed by atoms with Crippen molar-refractivity contribution >= 4 is 16.9 Å². The predicted molar refractivity (Wildman–Crippen MR) is 75.8 cm³/mol. The zero-order chi connectivity index (χ0) is 17.3. The molecule has 8 heteroatoms. The number of carbonyl (C=O) groups excluding carboxylic acids is 1. The highest BCUT2D eigenvalue weighted by atomic mass is 19.2. The molecule has 0 fully saturated rings. The number of hydrogen-bond donors (Lipinski definition) is 1. The molecule has 2 aromatic rings. The number of pyridine rings is 1. The third-order valence-electron chi connectivity index (χ3n) is 3.39. The summed E-state index contributed by atoms with van der Waals surface area (Å²) >= 11 is 0. The number of aromatic nitrogens is 1. The Morgan fingerprint density at radius 2 is 2.00 bits per heavy atom. The van der Waals surface area contributed by atoms with Crippen LogP contribution < -0.4 is 5.43 Å². The van der Waals surface area contributed by atoms with Gasteiger partial charge < -0.3 is 14.4 Å². The summed E-state index contributed by atoms with van der Waals surface area (Å²) in [6.07, 6.45) is 0.976. The lowest BCUT2D eigenvalue weighted by Crippen LogP contribution is -2.24. The number of benzene rings is 1. The summed E-state index contributed by atoms with van der Waals surface area (Å²) in [5.74, 6) is -5.81. The molecule has 0 saturated heterocycles. The average molecular weight is 329 g/mol. The Hall–Kier alpha value is -2.35. The van der Waals surface area contributed by atoms with Gasteiger partial charge in [0, 0.05) is 6.20 Å². The molecule has 1 heterocycles. The second-order valence-electron chi connectivity index (χ2n) is 4.91. The van der Waals surface area contributed by atoms with Crippen LogP contribution in [0.4, 0.5) is 13.2 Å². The van der Waals surface area contributed by atoms with Crippen molar-refractivity contribution in [3.63, 3.8) is 0 Å². The molecular weight excluding hydrogens is 315 g/mol. The first kappa shape index (κ1) is 17.0. The van der Waals surface area contributed by atoms with Gasteiger partial charge in [0.05, 0.1) is 30.2 Å². The van der Waals surface area contributed by atoms with E-state index < -0.39 is 58.0 Å². The van der Waals surface area contributed by atoms with E-state index in [0.717, 1.165) is 10.8 Å². The average Bonchev–Trinajstić information content (AvgIpc) is 2.53. The number of esters is 1. The number of hydrogen-bond acceptors (Lipinski definition) is 4. The first-order valence-electron chi connectivity index (χ1n) is 6.83. The molecule has 1 aromatic heterocycles. The van der Waals surface area contributed by atoms with Gasteiger partial charge in [-0.1, -0.05) is 0 Å². The van der Waals surface area contributed by atoms with Gasteiger partial charge in [-0.05, 0) is 19.9 Å². The Labute approximate surface area is 128 Å². The maximum absolute atomic E-state index is 14.1. The van der Waals surface area contributed by atoms with Crippen molar-refractivity contribution in [1.29, 1.82) is 0 Å². The molecule has 0 aliphatic carbocycles. The zero-order valence-corrected chi connectivity index (χ0v) is 12.4. The van der Waals surface area contributed by atoms with Gasteiger partial charge >= 0.3 is 5.97 Å². The minimum Gasteiger partial charge on any atom is -0.462 e. The molecule has 1 atom stereocenters. The van der Waals surface area contributed by atoms with Crippen LogP contribution in [0.1, 0.15) is 30.2 Å². The van der Waals surface area contributed by atoms with E-state index in [1.54, 1.807) is 0 Å². The maximum atomic E-state index is 14.1. The largest absolute Gasteiger partial charge is 0.462 e. The molecule has 0 aliphatic heterocycles. The van der Waals surface area contributed by atoms with E-state index in [0.29, 0.717) is 6.07 Å². The minimum atomic E-state index is -1.74. The summed E-state index contributed by atoms with van der Waals surface area (Å²) in [7, 11) is 0. The number of carbonyl (C=O) groups is 1. The van der Waals surface area contributed by atoms with Crippen molar-refractivity contribution in [2.45, 2.75) is 19.9 Å². The lowest BCUT2D eigenvalue weighted by Gasteiger charge is -2.18. The van der Waals surface area contributed by atoms with Crippen LogP contribution >= 0.6 is 0 Å². The molecule has 0 unspecified atom stereocenters. The van der Waals surface area contributed by atoms with Gasteiger partial charge in [0.2, 0.25) is 5.43 Å². The first-order chi connectivity index (χ1) is 10.8. The zero-order valence-electron chi connectivity index (χ0n) is 12.4. The fraction of sp³-hybridized carbons (Fsp3) is 0.333. The van der Waals surface area contributed by atoms with E-state index >= 15 is 0 Å². The molecule has 0 saturated carbocycles. The molecule has 0 amide bonds. The molecule has 23 heavy (non-hydrogen) atoms. The van der Waals surface area contributed by atoms with Crippen LogP contribution in [-0.4, -0.2) is 28.9 Å². The van der Waals surface area contributed by atoms with Crippen LogP contribution in [-0.2, 0) is 4.74 Å². The highest BCUT2D eigenvalue weighted by molar-refractivity contribution is 5.94. The SMILES string of the molecule is CCOC(=O)c1cn([C@H](C)CO)c2c(F)c(F)c(F)cc2c1=O. The van der Waals surface area contributed by atoms with Crippen molar-refractivity contribution in [2.75, 3.05) is 13.2 Å². The molecule has 0 radical (unpaired) electrons. The summed E-state index contributed by atoms with van der Waals surface area (Å²) in [6, 6.07) is -0.259. The van der Waals surface area contributed by atoms with Crippen molar-refractivity contribution in [1.82, 2.24) is 4.57 Å². The first-order valence-corrected chi connectivity index (χ1v) is 6.83. The monoisotopic (exact) mass is 329 g/mol. The summed E-state index contributed by atoms with van der Waals surface area (Å²) in [6.45, 7) is 2.51. The Bertz CT molecular complexity index is 832. The van der Waals surface area contributed by atoms with E-state index in [9.17, 15) is 27.9 Å². The molecule has 1 aromatic carbocycles. The molecule has 1 N–H and O–H groups in total. The fourth-order valence-electron chi connectivity index (χ4n) is 2.21. The van der Waals surface area contributed by atoms with Crippen LogP contribution in [0, 0.1) is 17.5 Å². The molecule has 0 spiro atoms. The molecular formula is C15H14F3NO4. The second kappa shape index (κ2) is 6.41.